The number of nitrogens with one attached hydrogen (secondary N) is 1. The van der Waals surface area contributed by atoms with Crippen LogP contribution < -0.4 is 5.32 Å². The van der Waals surface area contributed by atoms with Crippen LogP contribution in [-0.4, -0.2) is 33.8 Å². The van der Waals surface area contributed by atoms with Crippen LogP contribution >= 0.6 is 0 Å². The number of benzene rings is 1. The molecule has 4 heteroatoms. The SMILES string of the molecule is C[C@@H](Cn1cccn1)NCc1cccc(CN2CCCCCC2)c1. The molecule has 1 aromatic carbocycles. The van der Waals surface area contributed by atoms with Gasteiger partial charge in [0, 0.05) is 31.5 Å². The molecule has 0 bridgehead atoms. The fraction of sp³-hybridized carbons (Fsp3) is 0.550. The summed E-state index contributed by atoms with van der Waals surface area (Å²) < 4.78 is 1.98. The molecular formula is C20H30N4. The first kappa shape index (κ1) is 17.2. The van der Waals surface area contributed by atoms with Crippen LogP contribution in [0.3, 0.4) is 0 Å². The second-order valence-corrected chi connectivity index (χ2v) is 7.02. The summed E-state index contributed by atoms with van der Waals surface area (Å²) in [7, 11) is 0. The molecule has 0 amide bonds. The normalized spacial score (nSPS) is 17.5. The van der Waals surface area contributed by atoms with Crippen LogP contribution in [0.1, 0.15) is 43.7 Å². The van der Waals surface area contributed by atoms with E-state index in [4.69, 9.17) is 0 Å². The molecule has 2 heterocycles. The van der Waals surface area contributed by atoms with E-state index in [1.807, 2.05) is 23.1 Å². The standard InChI is InChI=1S/C20H30N4/c1-18(16-24-13-7-10-22-24)21-15-19-8-6-9-20(14-19)17-23-11-4-2-3-5-12-23/h6-10,13-14,18,21H,2-5,11-12,15-17H2,1H3/t18-/m0/s1. The van der Waals surface area contributed by atoms with Gasteiger partial charge in [0.2, 0.25) is 0 Å². The van der Waals surface area contributed by atoms with Gasteiger partial charge in [0.1, 0.15) is 0 Å². The third-order valence-corrected chi connectivity index (χ3v) is 4.77. The van der Waals surface area contributed by atoms with Crippen molar-refractivity contribution in [3.05, 3.63) is 53.9 Å². The Morgan fingerprint density at radius 3 is 2.62 bits per heavy atom. The van der Waals surface area contributed by atoms with Gasteiger partial charge in [-0.05, 0) is 50.0 Å². The Morgan fingerprint density at radius 2 is 1.88 bits per heavy atom. The molecule has 0 aliphatic carbocycles. The summed E-state index contributed by atoms with van der Waals surface area (Å²) in [6.45, 7) is 7.63. The van der Waals surface area contributed by atoms with Crippen molar-refractivity contribution in [2.24, 2.45) is 0 Å². The first-order chi connectivity index (χ1) is 11.8. The van der Waals surface area contributed by atoms with Gasteiger partial charge in [-0.25, -0.2) is 0 Å². The molecular weight excluding hydrogens is 296 g/mol. The number of nitrogens with zero attached hydrogens (tertiary/aromatic N) is 3. The predicted octanol–water partition coefficient (Wildman–Crippen LogP) is 3.44. The van der Waals surface area contributed by atoms with E-state index < -0.39 is 0 Å². The Hall–Kier alpha value is -1.65. The lowest BCUT2D eigenvalue weighted by atomic mass is 10.1. The Balaban J connectivity index is 1.49. The van der Waals surface area contributed by atoms with Crippen LogP contribution in [0.25, 0.3) is 0 Å². The molecule has 1 aliphatic rings. The zero-order valence-corrected chi connectivity index (χ0v) is 14.8. The molecule has 1 aliphatic heterocycles. The lowest BCUT2D eigenvalue weighted by molar-refractivity contribution is 0.277. The van der Waals surface area contributed by atoms with Crippen LogP contribution in [0, 0.1) is 0 Å². The molecule has 0 radical (unpaired) electrons. The van der Waals surface area contributed by atoms with Gasteiger partial charge in [0.15, 0.2) is 0 Å². The predicted molar refractivity (Wildman–Crippen MR) is 98.7 cm³/mol. The van der Waals surface area contributed by atoms with Gasteiger partial charge < -0.3 is 5.32 Å². The molecule has 1 fully saturated rings. The number of aromatic nitrogens is 2. The molecule has 24 heavy (non-hydrogen) atoms. The van der Waals surface area contributed by atoms with Crippen molar-refractivity contribution in [3.63, 3.8) is 0 Å². The van der Waals surface area contributed by atoms with Crippen molar-refractivity contribution >= 4 is 0 Å². The number of hydrogen-bond donors (Lipinski definition) is 1. The fourth-order valence-electron chi connectivity index (χ4n) is 3.44. The van der Waals surface area contributed by atoms with Gasteiger partial charge in [-0.2, -0.15) is 5.10 Å². The van der Waals surface area contributed by atoms with Gasteiger partial charge >= 0.3 is 0 Å². The van der Waals surface area contributed by atoms with Crippen molar-refractivity contribution in [1.29, 1.82) is 0 Å². The zero-order chi connectivity index (χ0) is 16.6. The first-order valence-corrected chi connectivity index (χ1v) is 9.30. The maximum Gasteiger partial charge on any atom is 0.0560 e. The minimum absolute atomic E-state index is 0.402. The monoisotopic (exact) mass is 326 g/mol. The maximum absolute atomic E-state index is 4.27. The van der Waals surface area contributed by atoms with Gasteiger partial charge in [0.05, 0.1) is 6.54 Å². The Labute approximate surface area is 145 Å². The van der Waals surface area contributed by atoms with Crippen molar-refractivity contribution in [2.45, 2.75) is 58.3 Å². The van der Waals surface area contributed by atoms with Crippen LogP contribution in [0.15, 0.2) is 42.7 Å². The van der Waals surface area contributed by atoms with Crippen molar-refractivity contribution < 1.29 is 0 Å². The highest BCUT2D eigenvalue weighted by molar-refractivity contribution is 5.23. The summed E-state index contributed by atoms with van der Waals surface area (Å²) in [4.78, 5) is 2.61. The average Bonchev–Trinajstić information content (AvgIpc) is 2.96. The second kappa shape index (κ2) is 9.00. The quantitative estimate of drug-likeness (QED) is 0.846. The Morgan fingerprint density at radius 1 is 1.08 bits per heavy atom. The molecule has 3 rings (SSSR count). The van der Waals surface area contributed by atoms with E-state index in [2.05, 4.69) is 46.5 Å². The van der Waals surface area contributed by atoms with Crippen molar-refractivity contribution in [3.8, 4) is 0 Å². The molecule has 4 nitrogen and oxygen atoms in total. The van der Waals surface area contributed by atoms with E-state index in [-0.39, 0.29) is 0 Å². The molecule has 0 unspecified atom stereocenters. The van der Waals surface area contributed by atoms with Gasteiger partial charge in [-0.3, -0.25) is 9.58 Å². The average molecular weight is 326 g/mol. The van der Waals surface area contributed by atoms with Crippen molar-refractivity contribution in [2.75, 3.05) is 13.1 Å². The van der Waals surface area contributed by atoms with E-state index in [9.17, 15) is 0 Å². The summed E-state index contributed by atoms with van der Waals surface area (Å²) in [6, 6.07) is 11.4. The lowest BCUT2D eigenvalue weighted by Crippen LogP contribution is -2.30. The van der Waals surface area contributed by atoms with Crippen LogP contribution in [0.5, 0.6) is 0 Å². The highest BCUT2D eigenvalue weighted by Gasteiger charge is 2.10. The minimum atomic E-state index is 0.402. The summed E-state index contributed by atoms with van der Waals surface area (Å²) in [6.07, 6.45) is 9.35. The van der Waals surface area contributed by atoms with E-state index >= 15 is 0 Å². The molecule has 0 saturated carbocycles. The number of hydrogen-bond acceptors (Lipinski definition) is 3. The summed E-state index contributed by atoms with van der Waals surface area (Å²) in [5.74, 6) is 0. The third-order valence-electron chi connectivity index (χ3n) is 4.77. The summed E-state index contributed by atoms with van der Waals surface area (Å²) >= 11 is 0. The highest BCUT2D eigenvalue weighted by Crippen LogP contribution is 2.14. The zero-order valence-electron chi connectivity index (χ0n) is 14.8. The van der Waals surface area contributed by atoms with E-state index in [0.29, 0.717) is 6.04 Å². The fourth-order valence-corrected chi connectivity index (χ4v) is 3.44. The van der Waals surface area contributed by atoms with Crippen LogP contribution in [0.2, 0.25) is 0 Å². The lowest BCUT2D eigenvalue weighted by Gasteiger charge is -2.20. The van der Waals surface area contributed by atoms with Gasteiger partial charge in [-0.15, -0.1) is 0 Å². The number of likely N-dealkylation sites (tertiary alicyclic amines) is 1. The molecule has 1 saturated heterocycles. The largest absolute Gasteiger partial charge is 0.308 e. The van der Waals surface area contributed by atoms with Gasteiger partial charge in [-0.1, -0.05) is 37.1 Å². The molecule has 130 valence electrons. The summed E-state index contributed by atoms with van der Waals surface area (Å²) in [5.41, 5.74) is 2.81. The molecule has 1 N–H and O–H groups in total. The van der Waals surface area contributed by atoms with Crippen LogP contribution in [-0.2, 0) is 19.6 Å². The van der Waals surface area contributed by atoms with Crippen LogP contribution in [0.4, 0.5) is 0 Å². The topological polar surface area (TPSA) is 33.1 Å². The highest BCUT2D eigenvalue weighted by atomic mass is 15.3. The van der Waals surface area contributed by atoms with E-state index in [1.165, 1.54) is 49.9 Å². The molecule has 1 aromatic heterocycles. The smallest absolute Gasteiger partial charge is 0.0560 e. The number of rotatable bonds is 7. The Kier molecular flexibility index (Phi) is 6.44. The molecule has 1 atom stereocenters. The third kappa shape index (κ3) is 5.46. The Bertz CT molecular complexity index is 585. The maximum atomic E-state index is 4.27. The van der Waals surface area contributed by atoms with Crippen molar-refractivity contribution in [1.82, 2.24) is 20.0 Å². The van der Waals surface area contributed by atoms with E-state index in [0.717, 1.165) is 19.6 Å². The van der Waals surface area contributed by atoms with E-state index in [1.54, 1.807) is 0 Å². The first-order valence-electron chi connectivity index (χ1n) is 9.30. The summed E-state index contributed by atoms with van der Waals surface area (Å²) in [5, 5.41) is 7.87. The van der Waals surface area contributed by atoms with Gasteiger partial charge in [0.25, 0.3) is 0 Å². The minimum Gasteiger partial charge on any atom is -0.308 e. The molecule has 2 aromatic rings. The molecule has 0 spiro atoms. The second-order valence-electron chi connectivity index (χ2n) is 7.02.